The lowest BCUT2D eigenvalue weighted by atomic mass is 9.98. The van der Waals surface area contributed by atoms with Gasteiger partial charge in [-0.25, -0.2) is 0 Å². The summed E-state index contributed by atoms with van der Waals surface area (Å²) in [5, 5.41) is 3.18. The monoisotopic (exact) mass is 159 g/mol. The Bertz CT molecular complexity index is 77.6. The first kappa shape index (κ1) is 10.9. The van der Waals surface area contributed by atoms with E-state index >= 15 is 0 Å². The van der Waals surface area contributed by atoms with Crippen LogP contribution >= 0.6 is 0 Å². The molecule has 0 rings (SSSR count). The first-order chi connectivity index (χ1) is 5.20. The van der Waals surface area contributed by atoms with Crippen LogP contribution in [-0.4, -0.2) is 27.3 Å². The molecule has 0 bridgehead atoms. The fourth-order valence-corrected chi connectivity index (χ4v) is 1.40. The summed E-state index contributed by atoms with van der Waals surface area (Å²) < 4.78 is 5.12. The lowest BCUT2D eigenvalue weighted by Gasteiger charge is -2.17. The Balaban J connectivity index is 3.50. The standard InChI is InChI=1S/C9H21NO/c1-8(2)5-9(6-10-3)7-11-4/h8-10H,5-7H2,1-4H3. The third-order valence-electron chi connectivity index (χ3n) is 1.70. The second-order valence-electron chi connectivity index (χ2n) is 3.51. The number of methoxy groups -OCH3 is 1. The van der Waals surface area contributed by atoms with Crippen LogP contribution in [0.3, 0.4) is 0 Å². The van der Waals surface area contributed by atoms with Crippen molar-refractivity contribution < 1.29 is 4.74 Å². The summed E-state index contributed by atoms with van der Waals surface area (Å²) in [6.45, 7) is 6.43. The molecule has 0 aromatic heterocycles. The quantitative estimate of drug-likeness (QED) is 0.634. The van der Waals surface area contributed by atoms with E-state index in [1.54, 1.807) is 7.11 Å². The zero-order valence-electron chi connectivity index (χ0n) is 8.18. The largest absolute Gasteiger partial charge is 0.384 e. The van der Waals surface area contributed by atoms with Gasteiger partial charge in [-0.2, -0.15) is 0 Å². The average Bonchev–Trinajstić information content (AvgIpc) is 1.87. The van der Waals surface area contributed by atoms with Crippen LogP contribution < -0.4 is 5.32 Å². The smallest absolute Gasteiger partial charge is 0.0502 e. The molecular formula is C9H21NO. The molecule has 1 N–H and O–H groups in total. The van der Waals surface area contributed by atoms with Gasteiger partial charge in [0.1, 0.15) is 0 Å². The van der Waals surface area contributed by atoms with E-state index in [1.807, 2.05) is 7.05 Å². The fraction of sp³-hybridized carbons (Fsp3) is 1.00. The Kier molecular flexibility index (Phi) is 6.57. The van der Waals surface area contributed by atoms with Crippen molar-refractivity contribution in [2.75, 3.05) is 27.3 Å². The summed E-state index contributed by atoms with van der Waals surface area (Å²) in [5.41, 5.74) is 0. The van der Waals surface area contributed by atoms with Gasteiger partial charge in [-0.3, -0.25) is 0 Å². The minimum absolute atomic E-state index is 0.671. The molecule has 0 aliphatic heterocycles. The van der Waals surface area contributed by atoms with Crippen molar-refractivity contribution in [2.24, 2.45) is 11.8 Å². The van der Waals surface area contributed by atoms with Gasteiger partial charge in [0.15, 0.2) is 0 Å². The Morgan fingerprint density at radius 1 is 1.36 bits per heavy atom. The van der Waals surface area contributed by atoms with Crippen molar-refractivity contribution in [3.05, 3.63) is 0 Å². The average molecular weight is 159 g/mol. The number of nitrogens with one attached hydrogen (secondary N) is 1. The maximum Gasteiger partial charge on any atom is 0.0502 e. The molecule has 1 atom stereocenters. The lowest BCUT2D eigenvalue weighted by molar-refractivity contribution is 0.140. The van der Waals surface area contributed by atoms with Gasteiger partial charge in [0, 0.05) is 7.11 Å². The zero-order valence-corrected chi connectivity index (χ0v) is 8.18. The highest BCUT2D eigenvalue weighted by Gasteiger charge is 2.08. The molecule has 0 aromatic carbocycles. The number of ether oxygens (including phenoxy) is 1. The van der Waals surface area contributed by atoms with E-state index in [2.05, 4.69) is 19.2 Å². The molecule has 0 fully saturated rings. The van der Waals surface area contributed by atoms with E-state index in [9.17, 15) is 0 Å². The van der Waals surface area contributed by atoms with Crippen molar-refractivity contribution in [3.63, 3.8) is 0 Å². The van der Waals surface area contributed by atoms with Gasteiger partial charge in [-0.05, 0) is 31.8 Å². The van der Waals surface area contributed by atoms with E-state index in [4.69, 9.17) is 4.74 Å². The van der Waals surface area contributed by atoms with Crippen molar-refractivity contribution in [1.29, 1.82) is 0 Å². The van der Waals surface area contributed by atoms with Gasteiger partial charge in [0.2, 0.25) is 0 Å². The van der Waals surface area contributed by atoms with Crippen LogP contribution in [0, 0.1) is 11.8 Å². The summed E-state index contributed by atoms with van der Waals surface area (Å²) in [7, 11) is 3.76. The number of hydrogen-bond donors (Lipinski definition) is 1. The van der Waals surface area contributed by atoms with Gasteiger partial charge >= 0.3 is 0 Å². The molecule has 0 spiro atoms. The number of rotatable bonds is 6. The van der Waals surface area contributed by atoms with E-state index in [0.29, 0.717) is 5.92 Å². The third-order valence-corrected chi connectivity index (χ3v) is 1.70. The van der Waals surface area contributed by atoms with E-state index in [0.717, 1.165) is 19.1 Å². The predicted molar refractivity (Wildman–Crippen MR) is 48.7 cm³/mol. The molecule has 2 nitrogen and oxygen atoms in total. The second-order valence-corrected chi connectivity index (χ2v) is 3.51. The van der Waals surface area contributed by atoms with E-state index < -0.39 is 0 Å². The van der Waals surface area contributed by atoms with Crippen LogP contribution in [-0.2, 0) is 4.74 Å². The van der Waals surface area contributed by atoms with Crippen LogP contribution in [0.2, 0.25) is 0 Å². The lowest BCUT2D eigenvalue weighted by Crippen LogP contribution is -2.23. The van der Waals surface area contributed by atoms with Crippen LogP contribution in [0.4, 0.5) is 0 Å². The van der Waals surface area contributed by atoms with Gasteiger partial charge in [-0.1, -0.05) is 13.8 Å². The van der Waals surface area contributed by atoms with Gasteiger partial charge in [-0.15, -0.1) is 0 Å². The van der Waals surface area contributed by atoms with Crippen LogP contribution in [0.1, 0.15) is 20.3 Å². The molecule has 0 aromatic rings. The normalized spacial score (nSPS) is 13.9. The molecule has 0 saturated heterocycles. The summed E-state index contributed by atoms with van der Waals surface area (Å²) in [6.07, 6.45) is 1.24. The maximum absolute atomic E-state index is 5.12. The molecule has 0 saturated carbocycles. The molecule has 11 heavy (non-hydrogen) atoms. The Morgan fingerprint density at radius 3 is 2.36 bits per heavy atom. The molecule has 0 aliphatic carbocycles. The van der Waals surface area contributed by atoms with Crippen molar-refractivity contribution in [2.45, 2.75) is 20.3 Å². The van der Waals surface area contributed by atoms with Crippen molar-refractivity contribution in [1.82, 2.24) is 5.32 Å². The minimum atomic E-state index is 0.671. The Hall–Kier alpha value is -0.0800. The predicted octanol–water partition coefficient (Wildman–Crippen LogP) is 1.51. The van der Waals surface area contributed by atoms with Crippen LogP contribution in [0.15, 0.2) is 0 Å². The summed E-state index contributed by atoms with van der Waals surface area (Å²) in [5.74, 6) is 1.44. The topological polar surface area (TPSA) is 21.3 Å². The van der Waals surface area contributed by atoms with E-state index in [1.165, 1.54) is 6.42 Å². The SMILES string of the molecule is CNCC(COC)CC(C)C. The van der Waals surface area contributed by atoms with Gasteiger partial charge in [0.05, 0.1) is 6.61 Å². The van der Waals surface area contributed by atoms with Crippen molar-refractivity contribution in [3.8, 4) is 0 Å². The molecule has 0 aliphatic rings. The molecule has 0 amide bonds. The molecule has 2 heteroatoms. The molecule has 0 radical (unpaired) electrons. The number of hydrogen-bond acceptors (Lipinski definition) is 2. The highest BCUT2D eigenvalue weighted by molar-refractivity contribution is 4.62. The zero-order chi connectivity index (χ0) is 8.69. The summed E-state index contributed by atoms with van der Waals surface area (Å²) >= 11 is 0. The second kappa shape index (κ2) is 6.62. The minimum Gasteiger partial charge on any atom is -0.384 e. The third kappa shape index (κ3) is 6.32. The highest BCUT2D eigenvalue weighted by Crippen LogP contribution is 2.10. The summed E-state index contributed by atoms with van der Waals surface area (Å²) in [4.78, 5) is 0. The van der Waals surface area contributed by atoms with Crippen LogP contribution in [0.5, 0.6) is 0 Å². The highest BCUT2D eigenvalue weighted by atomic mass is 16.5. The first-order valence-corrected chi connectivity index (χ1v) is 4.34. The van der Waals surface area contributed by atoms with Gasteiger partial charge < -0.3 is 10.1 Å². The first-order valence-electron chi connectivity index (χ1n) is 4.34. The Morgan fingerprint density at radius 2 is 2.00 bits per heavy atom. The maximum atomic E-state index is 5.12. The molecule has 1 unspecified atom stereocenters. The Labute approximate surface area is 70.3 Å². The van der Waals surface area contributed by atoms with Crippen molar-refractivity contribution >= 4 is 0 Å². The molecule has 68 valence electrons. The summed E-state index contributed by atoms with van der Waals surface area (Å²) in [6, 6.07) is 0. The molecular weight excluding hydrogens is 138 g/mol. The van der Waals surface area contributed by atoms with Crippen LogP contribution in [0.25, 0.3) is 0 Å². The molecule has 0 heterocycles. The van der Waals surface area contributed by atoms with E-state index in [-0.39, 0.29) is 0 Å². The van der Waals surface area contributed by atoms with Gasteiger partial charge in [0.25, 0.3) is 0 Å². The fourth-order valence-electron chi connectivity index (χ4n) is 1.40.